The summed E-state index contributed by atoms with van der Waals surface area (Å²) in [5.74, 6) is 0.432. The Hall–Kier alpha value is -2.24. The number of carbonyl (C=O) groups excluding carboxylic acids is 1. The summed E-state index contributed by atoms with van der Waals surface area (Å²) in [6.45, 7) is 3.98. The Balaban J connectivity index is 1.59. The number of hydrogen-bond donors (Lipinski definition) is 2. The van der Waals surface area contributed by atoms with Gasteiger partial charge in [-0.25, -0.2) is 9.86 Å². The predicted molar refractivity (Wildman–Crippen MR) is 121 cm³/mol. The van der Waals surface area contributed by atoms with Gasteiger partial charge in [-0.05, 0) is 63.1 Å². The molecule has 0 fully saturated rings. The van der Waals surface area contributed by atoms with E-state index in [-0.39, 0.29) is 13.2 Å². The Morgan fingerprint density at radius 2 is 1.84 bits per heavy atom. The van der Waals surface area contributed by atoms with Crippen molar-refractivity contribution in [3.63, 3.8) is 0 Å². The van der Waals surface area contributed by atoms with Crippen LogP contribution in [0, 0.1) is 0 Å². The summed E-state index contributed by atoms with van der Waals surface area (Å²) in [6.07, 6.45) is 0.457. The second-order valence-electron chi connectivity index (χ2n) is 7.49. The Morgan fingerprint density at radius 1 is 1.16 bits per heavy atom. The van der Waals surface area contributed by atoms with Gasteiger partial charge < -0.3 is 9.47 Å². The molecule has 0 saturated carbocycles. The highest BCUT2D eigenvalue weighted by Gasteiger charge is 2.34. The first-order valence-corrected chi connectivity index (χ1v) is 11.7. The van der Waals surface area contributed by atoms with E-state index in [1.54, 1.807) is 50.2 Å². The first-order valence-electron chi connectivity index (χ1n) is 9.61. The van der Waals surface area contributed by atoms with Crippen LogP contribution in [-0.2, 0) is 25.0 Å². The number of amides is 1. The van der Waals surface area contributed by atoms with Crippen molar-refractivity contribution in [1.82, 2.24) is 0 Å². The average Bonchev–Trinajstić information content (AvgIpc) is 2.66. The molecular formula is C20H22Cl2N2O7S. The fourth-order valence-corrected chi connectivity index (χ4v) is 3.89. The zero-order valence-corrected chi connectivity index (χ0v) is 19.6. The highest BCUT2D eigenvalue weighted by molar-refractivity contribution is 7.80. The molecule has 0 aliphatic carbocycles. The second kappa shape index (κ2) is 9.72. The number of nitrogens with zero attached hydrogens (tertiary/aromatic N) is 1. The minimum Gasteiger partial charge on any atom is -0.492 e. The van der Waals surface area contributed by atoms with E-state index >= 15 is 0 Å². The number of rotatable bonds is 9. The van der Waals surface area contributed by atoms with E-state index < -0.39 is 22.1 Å². The summed E-state index contributed by atoms with van der Waals surface area (Å²) in [5, 5.41) is 4.48. The first kappa shape index (κ1) is 24.4. The number of hydrogen-bond acceptors (Lipinski definition) is 7. The van der Waals surface area contributed by atoms with Crippen LogP contribution in [0.1, 0.15) is 32.3 Å². The average molecular weight is 505 g/mol. The largest absolute Gasteiger partial charge is 0.492 e. The Bertz CT molecular complexity index is 1090. The molecule has 1 heterocycles. The molecule has 2 N–H and O–H groups in total. The van der Waals surface area contributed by atoms with Gasteiger partial charge in [-0.3, -0.25) is 9.87 Å². The molecule has 3 rings (SSSR count). The van der Waals surface area contributed by atoms with Gasteiger partial charge in [0.25, 0.3) is 0 Å². The molecule has 1 aliphatic rings. The molecule has 9 nitrogen and oxygen atoms in total. The molecule has 0 unspecified atom stereocenters. The number of fused-ring (bicyclic) bond motifs is 1. The maximum Gasteiger partial charge on any atom is 0.418 e. The van der Waals surface area contributed by atoms with Crippen LogP contribution in [0.15, 0.2) is 36.4 Å². The van der Waals surface area contributed by atoms with Crippen LogP contribution in [0.3, 0.4) is 0 Å². The zero-order valence-electron chi connectivity index (χ0n) is 17.3. The van der Waals surface area contributed by atoms with Gasteiger partial charge >= 0.3 is 16.5 Å². The topological polar surface area (TPSA) is 114 Å². The smallest absolute Gasteiger partial charge is 0.418 e. The lowest BCUT2D eigenvalue weighted by atomic mass is 9.94. The fourth-order valence-electron chi connectivity index (χ4n) is 3.16. The van der Waals surface area contributed by atoms with E-state index in [4.69, 9.17) is 37.2 Å². The van der Waals surface area contributed by atoms with Gasteiger partial charge in [-0.2, -0.15) is 8.42 Å². The quantitative estimate of drug-likeness (QED) is 0.272. The Kier molecular flexibility index (Phi) is 7.41. The van der Waals surface area contributed by atoms with Gasteiger partial charge in [0.1, 0.15) is 11.4 Å². The minimum absolute atomic E-state index is 0.162. The number of carbonyl (C=O) groups is 1. The molecule has 1 amide bonds. The summed E-state index contributed by atoms with van der Waals surface area (Å²) in [5.41, 5.74) is 0.860. The SMILES string of the molecule is CC1(C)OC(=O)Nc2cc(Cl)c(OCCCCN(OS(=O)(=O)O)c3ccc(Cl)cc3)cc21. The lowest BCUT2D eigenvalue weighted by Gasteiger charge is -2.33. The van der Waals surface area contributed by atoms with E-state index in [0.717, 1.165) is 10.6 Å². The molecule has 0 bridgehead atoms. The molecule has 12 heteroatoms. The number of cyclic esters (lactones) is 1. The van der Waals surface area contributed by atoms with Crippen molar-refractivity contribution in [3.8, 4) is 5.75 Å². The molecule has 174 valence electrons. The van der Waals surface area contributed by atoms with Crippen molar-refractivity contribution in [2.45, 2.75) is 32.3 Å². The van der Waals surface area contributed by atoms with Crippen LogP contribution in [0.2, 0.25) is 10.0 Å². The number of hydroxylamine groups is 1. The summed E-state index contributed by atoms with van der Waals surface area (Å²) < 4.78 is 47.1. The molecule has 0 spiro atoms. The number of anilines is 2. The van der Waals surface area contributed by atoms with Gasteiger partial charge in [-0.1, -0.05) is 23.2 Å². The number of halogens is 2. The molecule has 32 heavy (non-hydrogen) atoms. The van der Waals surface area contributed by atoms with Crippen molar-refractivity contribution in [3.05, 3.63) is 52.0 Å². The van der Waals surface area contributed by atoms with Crippen LogP contribution in [0.5, 0.6) is 5.75 Å². The molecule has 2 aromatic carbocycles. The van der Waals surface area contributed by atoms with Crippen molar-refractivity contribution in [2.24, 2.45) is 0 Å². The highest BCUT2D eigenvalue weighted by Crippen LogP contribution is 2.41. The standard InChI is InChI=1S/C20H22Cl2N2O7S/c1-20(2)15-11-18(16(22)12-17(15)23-19(25)30-20)29-10-4-3-9-24(31-32(26,27)28)14-7-5-13(21)6-8-14/h5-8,11-12H,3-4,9-10H2,1-2H3,(H,23,25)(H,26,27,28). The van der Waals surface area contributed by atoms with E-state index in [1.165, 1.54) is 0 Å². The summed E-state index contributed by atoms with van der Waals surface area (Å²) in [6, 6.07) is 9.62. The number of nitrogens with one attached hydrogen (secondary N) is 1. The van der Waals surface area contributed by atoms with E-state index in [2.05, 4.69) is 9.60 Å². The maximum absolute atomic E-state index is 11.7. The van der Waals surface area contributed by atoms with Crippen molar-refractivity contribution in [2.75, 3.05) is 23.5 Å². The Morgan fingerprint density at radius 3 is 2.50 bits per heavy atom. The van der Waals surface area contributed by atoms with Crippen LogP contribution in [0.25, 0.3) is 0 Å². The van der Waals surface area contributed by atoms with Crippen LogP contribution in [0.4, 0.5) is 16.2 Å². The van der Waals surface area contributed by atoms with Gasteiger partial charge in [0.05, 0.1) is 23.0 Å². The maximum atomic E-state index is 11.7. The van der Waals surface area contributed by atoms with Crippen LogP contribution in [-0.4, -0.2) is 32.2 Å². The van der Waals surface area contributed by atoms with E-state index in [1.807, 2.05) is 0 Å². The number of benzene rings is 2. The van der Waals surface area contributed by atoms with Gasteiger partial charge in [-0.15, -0.1) is 4.28 Å². The van der Waals surface area contributed by atoms with E-state index in [0.29, 0.717) is 40.0 Å². The third kappa shape index (κ3) is 6.39. The first-order chi connectivity index (χ1) is 14.9. The molecule has 0 radical (unpaired) electrons. The predicted octanol–water partition coefficient (Wildman–Crippen LogP) is 5.19. The minimum atomic E-state index is -4.69. The van der Waals surface area contributed by atoms with E-state index in [9.17, 15) is 13.2 Å². The van der Waals surface area contributed by atoms with Crippen molar-refractivity contribution in [1.29, 1.82) is 0 Å². The third-order valence-corrected chi connectivity index (χ3v) is 5.53. The molecule has 0 aromatic heterocycles. The molecule has 0 atom stereocenters. The summed E-state index contributed by atoms with van der Waals surface area (Å²) in [7, 11) is -4.69. The van der Waals surface area contributed by atoms with Crippen molar-refractivity contribution < 1.29 is 31.5 Å². The molecule has 0 saturated heterocycles. The van der Waals surface area contributed by atoms with Crippen LogP contribution >= 0.6 is 23.2 Å². The van der Waals surface area contributed by atoms with Gasteiger partial charge in [0, 0.05) is 17.1 Å². The Labute approximate surface area is 196 Å². The van der Waals surface area contributed by atoms with Crippen LogP contribution < -0.4 is 15.1 Å². The molecular weight excluding hydrogens is 483 g/mol. The van der Waals surface area contributed by atoms with Crippen molar-refractivity contribution >= 4 is 51.1 Å². The lowest BCUT2D eigenvalue weighted by molar-refractivity contribution is 0.0418. The second-order valence-corrected chi connectivity index (χ2v) is 9.34. The summed E-state index contributed by atoms with van der Waals surface area (Å²) in [4.78, 5) is 11.7. The number of unbranched alkanes of at least 4 members (excludes halogenated alkanes) is 1. The summed E-state index contributed by atoms with van der Waals surface area (Å²) >= 11 is 12.1. The fraction of sp³-hybridized carbons (Fsp3) is 0.350. The third-order valence-electron chi connectivity index (χ3n) is 4.62. The molecule has 2 aromatic rings. The lowest BCUT2D eigenvalue weighted by Crippen LogP contribution is -2.34. The monoisotopic (exact) mass is 504 g/mol. The van der Waals surface area contributed by atoms with Gasteiger partial charge in [0.15, 0.2) is 0 Å². The highest BCUT2D eigenvalue weighted by atomic mass is 35.5. The molecule has 1 aliphatic heterocycles. The number of ether oxygens (including phenoxy) is 2. The van der Waals surface area contributed by atoms with Gasteiger partial charge in [0.2, 0.25) is 0 Å². The normalized spacial score (nSPS) is 14.8. The zero-order chi connectivity index (χ0) is 23.5.